The maximum Gasteiger partial charge on any atom is 0.224 e. The second kappa shape index (κ2) is 5.12. The van der Waals surface area contributed by atoms with Crippen LogP contribution in [0.1, 0.15) is 40.0 Å². The molecule has 2 N–H and O–H groups in total. The van der Waals surface area contributed by atoms with Crippen LogP contribution in [-0.2, 0) is 9.59 Å². The zero-order valence-corrected chi connectivity index (χ0v) is 12.2. The molecule has 2 rings (SSSR count). The summed E-state index contributed by atoms with van der Waals surface area (Å²) < 4.78 is 0. The number of carbonyl (C=O) groups excluding carboxylic acids is 2. The summed E-state index contributed by atoms with van der Waals surface area (Å²) in [4.78, 5) is 27.7. The van der Waals surface area contributed by atoms with Crippen LogP contribution in [0, 0.1) is 5.41 Å². The average molecular weight is 267 g/mol. The van der Waals surface area contributed by atoms with Crippen molar-refractivity contribution in [3.63, 3.8) is 0 Å². The van der Waals surface area contributed by atoms with Gasteiger partial charge in [-0.25, -0.2) is 0 Å². The van der Waals surface area contributed by atoms with E-state index in [4.69, 9.17) is 5.73 Å². The van der Waals surface area contributed by atoms with Gasteiger partial charge in [0.05, 0.1) is 0 Å². The fourth-order valence-electron chi connectivity index (χ4n) is 2.71. The van der Waals surface area contributed by atoms with Crippen molar-refractivity contribution in [2.45, 2.75) is 52.1 Å². The van der Waals surface area contributed by atoms with Crippen molar-refractivity contribution in [1.29, 1.82) is 0 Å². The molecule has 2 atom stereocenters. The second-order valence-electron chi connectivity index (χ2n) is 6.80. The van der Waals surface area contributed by atoms with E-state index in [2.05, 4.69) is 20.8 Å². The Morgan fingerprint density at radius 1 is 1.42 bits per heavy atom. The molecule has 5 nitrogen and oxygen atoms in total. The number of hydrogen-bond donors (Lipinski definition) is 1. The first-order chi connectivity index (χ1) is 8.79. The third-order valence-electron chi connectivity index (χ3n) is 4.35. The van der Waals surface area contributed by atoms with Crippen LogP contribution in [0.4, 0.5) is 0 Å². The van der Waals surface area contributed by atoms with E-state index in [9.17, 15) is 9.59 Å². The molecule has 0 spiro atoms. The van der Waals surface area contributed by atoms with Gasteiger partial charge in [0.2, 0.25) is 11.8 Å². The Morgan fingerprint density at radius 3 is 2.74 bits per heavy atom. The molecule has 19 heavy (non-hydrogen) atoms. The zero-order valence-electron chi connectivity index (χ0n) is 12.2. The smallest absolute Gasteiger partial charge is 0.224 e. The van der Waals surface area contributed by atoms with Gasteiger partial charge in [-0.1, -0.05) is 20.8 Å². The monoisotopic (exact) mass is 267 g/mol. The van der Waals surface area contributed by atoms with Gasteiger partial charge in [-0.2, -0.15) is 0 Å². The van der Waals surface area contributed by atoms with Crippen LogP contribution < -0.4 is 5.73 Å². The summed E-state index contributed by atoms with van der Waals surface area (Å²) in [5.74, 6) is 0.366. The highest BCUT2D eigenvalue weighted by molar-refractivity contribution is 5.80. The molecule has 108 valence electrons. The van der Waals surface area contributed by atoms with Gasteiger partial charge in [0.15, 0.2) is 0 Å². The molecular weight excluding hydrogens is 242 g/mol. The number of carbonyl (C=O) groups is 2. The maximum atomic E-state index is 12.3. The lowest BCUT2D eigenvalue weighted by Crippen LogP contribution is -2.54. The largest absolute Gasteiger partial charge is 0.339 e. The molecule has 0 radical (unpaired) electrons. The summed E-state index contributed by atoms with van der Waals surface area (Å²) in [6.45, 7) is 8.18. The highest BCUT2D eigenvalue weighted by Crippen LogP contribution is 2.25. The van der Waals surface area contributed by atoms with Crippen LogP contribution in [0.25, 0.3) is 0 Å². The fourth-order valence-corrected chi connectivity index (χ4v) is 2.71. The lowest BCUT2D eigenvalue weighted by Gasteiger charge is -2.38. The molecule has 2 aliphatic heterocycles. The third-order valence-corrected chi connectivity index (χ3v) is 4.35. The van der Waals surface area contributed by atoms with Gasteiger partial charge in [-0.3, -0.25) is 9.59 Å². The highest BCUT2D eigenvalue weighted by Gasteiger charge is 2.37. The third kappa shape index (κ3) is 3.08. The summed E-state index contributed by atoms with van der Waals surface area (Å²) in [5.41, 5.74) is 6.02. The molecule has 2 saturated heterocycles. The van der Waals surface area contributed by atoms with Gasteiger partial charge in [0.25, 0.3) is 0 Å². The lowest BCUT2D eigenvalue weighted by molar-refractivity contribution is -0.139. The van der Waals surface area contributed by atoms with E-state index in [1.54, 1.807) is 0 Å². The van der Waals surface area contributed by atoms with E-state index in [1.807, 2.05) is 9.80 Å². The minimum atomic E-state index is -0.122. The number of piperazine rings is 1. The molecule has 2 heterocycles. The maximum absolute atomic E-state index is 12.3. The van der Waals surface area contributed by atoms with Crippen LogP contribution in [0.2, 0.25) is 0 Å². The molecule has 5 heteroatoms. The molecule has 0 aromatic rings. The Kier molecular flexibility index (Phi) is 3.85. The predicted molar refractivity (Wildman–Crippen MR) is 73.4 cm³/mol. The molecule has 2 fully saturated rings. The van der Waals surface area contributed by atoms with Crippen LogP contribution in [-0.4, -0.2) is 53.3 Å². The highest BCUT2D eigenvalue weighted by atomic mass is 16.2. The molecular formula is C14H25N3O2. The first-order valence-electron chi connectivity index (χ1n) is 7.12. The van der Waals surface area contributed by atoms with E-state index in [0.717, 1.165) is 6.42 Å². The molecule has 0 aliphatic carbocycles. The quantitative estimate of drug-likeness (QED) is 0.796. The van der Waals surface area contributed by atoms with E-state index in [1.165, 1.54) is 0 Å². The van der Waals surface area contributed by atoms with Crippen molar-refractivity contribution >= 4 is 11.8 Å². The zero-order chi connectivity index (χ0) is 14.2. The number of hydrogen-bond acceptors (Lipinski definition) is 3. The average Bonchev–Trinajstić information content (AvgIpc) is 2.69. The number of nitrogens with zero attached hydrogens (tertiary/aromatic N) is 2. The molecule has 0 aromatic heterocycles. The summed E-state index contributed by atoms with van der Waals surface area (Å²) in [6, 6.07) is 0.110. The Bertz CT molecular complexity index is 375. The predicted octanol–water partition coefficient (Wildman–Crippen LogP) is 0.583. The Labute approximate surface area is 115 Å². The SMILES string of the molecule is CC(C)(C)C(N)CC(=O)N1CCN2C(=O)CCC2C1. The first-order valence-corrected chi connectivity index (χ1v) is 7.12. The number of rotatable bonds is 2. The topological polar surface area (TPSA) is 66.6 Å². The summed E-state index contributed by atoms with van der Waals surface area (Å²) in [7, 11) is 0. The van der Waals surface area contributed by atoms with Gasteiger partial charge in [0, 0.05) is 44.6 Å². The van der Waals surface area contributed by atoms with Gasteiger partial charge in [0.1, 0.15) is 0 Å². The fraction of sp³-hybridized carbons (Fsp3) is 0.857. The van der Waals surface area contributed by atoms with Gasteiger partial charge in [-0.05, 0) is 11.8 Å². The number of fused-ring (bicyclic) bond motifs is 1. The molecule has 2 amide bonds. The van der Waals surface area contributed by atoms with Gasteiger partial charge < -0.3 is 15.5 Å². The molecule has 0 bridgehead atoms. The van der Waals surface area contributed by atoms with E-state index in [0.29, 0.717) is 32.5 Å². The summed E-state index contributed by atoms with van der Waals surface area (Å²) in [6.07, 6.45) is 1.91. The molecule has 2 aliphatic rings. The van der Waals surface area contributed by atoms with Crippen LogP contribution >= 0.6 is 0 Å². The Hall–Kier alpha value is -1.10. The second-order valence-corrected chi connectivity index (χ2v) is 6.80. The standard InChI is InChI=1S/C14H25N3O2/c1-14(2,3)11(15)8-13(19)16-6-7-17-10(9-16)4-5-12(17)18/h10-11H,4-9,15H2,1-3H3. The van der Waals surface area contributed by atoms with Crippen molar-refractivity contribution < 1.29 is 9.59 Å². The number of nitrogens with two attached hydrogens (primary N) is 1. The summed E-state index contributed by atoms with van der Waals surface area (Å²) in [5, 5.41) is 0. The minimum Gasteiger partial charge on any atom is -0.339 e. The van der Waals surface area contributed by atoms with Crippen molar-refractivity contribution in [1.82, 2.24) is 9.80 Å². The molecule has 0 aromatic carbocycles. The van der Waals surface area contributed by atoms with Crippen molar-refractivity contribution in [2.75, 3.05) is 19.6 Å². The first kappa shape index (κ1) is 14.3. The Morgan fingerprint density at radius 2 is 2.11 bits per heavy atom. The van der Waals surface area contributed by atoms with Gasteiger partial charge in [-0.15, -0.1) is 0 Å². The minimum absolute atomic E-state index is 0.0548. The van der Waals surface area contributed by atoms with Crippen LogP contribution in [0.15, 0.2) is 0 Å². The van der Waals surface area contributed by atoms with Crippen molar-refractivity contribution in [3.05, 3.63) is 0 Å². The lowest BCUT2D eigenvalue weighted by atomic mass is 9.85. The van der Waals surface area contributed by atoms with Crippen LogP contribution in [0.5, 0.6) is 0 Å². The summed E-state index contributed by atoms with van der Waals surface area (Å²) >= 11 is 0. The van der Waals surface area contributed by atoms with Crippen LogP contribution in [0.3, 0.4) is 0 Å². The normalized spacial score (nSPS) is 25.5. The van der Waals surface area contributed by atoms with E-state index >= 15 is 0 Å². The molecule has 2 unspecified atom stereocenters. The van der Waals surface area contributed by atoms with Gasteiger partial charge >= 0.3 is 0 Å². The molecule has 0 saturated carbocycles. The van der Waals surface area contributed by atoms with E-state index in [-0.39, 0.29) is 29.3 Å². The van der Waals surface area contributed by atoms with E-state index < -0.39 is 0 Å². The van der Waals surface area contributed by atoms with Crippen molar-refractivity contribution in [2.24, 2.45) is 11.1 Å². The van der Waals surface area contributed by atoms with Crippen molar-refractivity contribution in [3.8, 4) is 0 Å². The Balaban J connectivity index is 1.90. The number of amides is 2.